The maximum absolute atomic E-state index is 12.3. The Labute approximate surface area is 98.0 Å². The lowest BCUT2D eigenvalue weighted by Crippen LogP contribution is -2.45. The lowest BCUT2D eigenvalue weighted by Gasteiger charge is -2.32. The highest BCUT2D eigenvalue weighted by atomic mass is 19.4. The highest BCUT2D eigenvalue weighted by molar-refractivity contribution is 4.86. The Morgan fingerprint density at radius 2 is 2.00 bits per heavy atom. The van der Waals surface area contributed by atoms with Crippen molar-refractivity contribution in [2.75, 3.05) is 46.1 Å². The summed E-state index contributed by atoms with van der Waals surface area (Å²) < 4.78 is 42.1. The fourth-order valence-corrected chi connectivity index (χ4v) is 2.03. The van der Waals surface area contributed by atoms with Crippen molar-refractivity contribution in [2.24, 2.45) is 5.41 Å². The molecule has 1 atom stereocenters. The lowest BCUT2D eigenvalue weighted by atomic mass is 9.87. The first-order valence-corrected chi connectivity index (χ1v) is 5.49. The molecule has 1 aliphatic heterocycles. The number of hydrogen-bond acceptors (Lipinski definition) is 4. The quantitative estimate of drug-likeness (QED) is 0.716. The van der Waals surface area contributed by atoms with Crippen molar-refractivity contribution in [1.29, 1.82) is 0 Å². The number of hydrogen-bond donors (Lipinski definition) is 2. The molecule has 1 unspecified atom stereocenters. The minimum absolute atomic E-state index is 0.0543. The first-order chi connectivity index (χ1) is 7.91. The van der Waals surface area contributed by atoms with E-state index in [1.807, 2.05) is 0 Å². The van der Waals surface area contributed by atoms with Crippen LogP contribution in [0.4, 0.5) is 13.2 Å². The SMILES string of the molecule is OCCN(CC(F)(F)F)CC1(CO)CCOC1. The van der Waals surface area contributed by atoms with Gasteiger partial charge in [-0.25, -0.2) is 0 Å². The standard InChI is InChI=1S/C10H18F3NO3/c11-10(12,13)6-14(2-3-15)5-9(7-16)1-4-17-8-9/h15-16H,1-8H2. The van der Waals surface area contributed by atoms with E-state index >= 15 is 0 Å². The summed E-state index contributed by atoms with van der Waals surface area (Å²) in [6.45, 7) is -0.853. The number of halogens is 3. The van der Waals surface area contributed by atoms with Crippen molar-refractivity contribution < 1.29 is 28.1 Å². The van der Waals surface area contributed by atoms with E-state index in [2.05, 4.69) is 0 Å². The van der Waals surface area contributed by atoms with E-state index in [1.54, 1.807) is 0 Å². The van der Waals surface area contributed by atoms with Gasteiger partial charge < -0.3 is 14.9 Å². The van der Waals surface area contributed by atoms with Crippen LogP contribution in [0.2, 0.25) is 0 Å². The molecular formula is C10H18F3NO3. The third-order valence-electron chi connectivity index (χ3n) is 2.90. The Morgan fingerprint density at radius 3 is 2.41 bits per heavy atom. The van der Waals surface area contributed by atoms with Gasteiger partial charge in [0.25, 0.3) is 0 Å². The van der Waals surface area contributed by atoms with Gasteiger partial charge >= 0.3 is 6.18 Å². The third-order valence-corrected chi connectivity index (χ3v) is 2.90. The van der Waals surface area contributed by atoms with Gasteiger partial charge in [-0.15, -0.1) is 0 Å². The number of alkyl halides is 3. The molecule has 102 valence electrons. The van der Waals surface area contributed by atoms with Crippen molar-refractivity contribution in [3.63, 3.8) is 0 Å². The average Bonchev–Trinajstić information content (AvgIpc) is 2.65. The molecule has 0 saturated carbocycles. The molecule has 4 nitrogen and oxygen atoms in total. The van der Waals surface area contributed by atoms with Gasteiger partial charge in [0, 0.05) is 25.1 Å². The Bertz CT molecular complexity index is 229. The highest BCUT2D eigenvalue weighted by Gasteiger charge is 2.39. The zero-order valence-corrected chi connectivity index (χ0v) is 9.54. The van der Waals surface area contributed by atoms with Gasteiger partial charge in [0.2, 0.25) is 0 Å². The van der Waals surface area contributed by atoms with Crippen molar-refractivity contribution in [3.8, 4) is 0 Å². The van der Waals surface area contributed by atoms with Crippen LogP contribution in [0.15, 0.2) is 0 Å². The molecule has 7 heteroatoms. The van der Waals surface area contributed by atoms with Gasteiger partial charge in [0.05, 0.1) is 26.4 Å². The minimum Gasteiger partial charge on any atom is -0.396 e. The molecule has 0 aromatic heterocycles. The van der Waals surface area contributed by atoms with Gasteiger partial charge in [0.1, 0.15) is 0 Å². The molecule has 0 amide bonds. The average molecular weight is 257 g/mol. The summed E-state index contributed by atoms with van der Waals surface area (Å²) in [4.78, 5) is 1.12. The first-order valence-electron chi connectivity index (χ1n) is 5.49. The van der Waals surface area contributed by atoms with Crippen LogP contribution in [-0.2, 0) is 4.74 Å². The topological polar surface area (TPSA) is 52.9 Å². The summed E-state index contributed by atoms with van der Waals surface area (Å²) in [5, 5.41) is 18.0. The van der Waals surface area contributed by atoms with Crippen LogP contribution in [0.5, 0.6) is 0 Å². The summed E-state index contributed by atoms with van der Waals surface area (Å²) >= 11 is 0. The normalized spacial score (nSPS) is 25.8. The second kappa shape index (κ2) is 5.99. The predicted octanol–water partition coefficient (Wildman–Crippen LogP) is 0.242. The number of aliphatic hydroxyl groups excluding tert-OH is 2. The van der Waals surface area contributed by atoms with E-state index in [0.29, 0.717) is 13.0 Å². The second-order valence-corrected chi connectivity index (χ2v) is 4.51. The maximum Gasteiger partial charge on any atom is 0.401 e. The van der Waals surface area contributed by atoms with Gasteiger partial charge in [-0.1, -0.05) is 0 Å². The molecule has 0 aromatic rings. The summed E-state index contributed by atoms with van der Waals surface area (Å²) in [6.07, 6.45) is -3.76. The second-order valence-electron chi connectivity index (χ2n) is 4.51. The Hall–Kier alpha value is -0.370. The Balaban J connectivity index is 2.58. The largest absolute Gasteiger partial charge is 0.401 e. The van der Waals surface area contributed by atoms with Crippen LogP contribution in [-0.4, -0.2) is 67.4 Å². The number of aliphatic hydroxyl groups is 2. The van der Waals surface area contributed by atoms with Crippen molar-refractivity contribution in [1.82, 2.24) is 4.90 Å². The zero-order valence-electron chi connectivity index (χ0n) is 9.54. The molecule has 1 saturated heterocycles. The molecule has 1 fully saturated rings. The van der Waals surface area contributed by atoms with Crippen LogP contribution in [0.3, 0.4) is 0 Å². The minimum atomic E-state index is -4.30. The predicted molar refractivity (Wildman–Crippen MR) is 54.5 cm³/mol. The highest BCUT2D eigenvalue weighted by Crippen LogP contribution is 2.30. The van der Waals surface area contributed by atoms with Crippen molar-refractivity contribution in [3.05, 3.63) is 0 Å². The van der Waals surface area contributed by atoms with E-state index in [-0.39, 0.29) is 32.9 Å². The molecule has 0 radical (unpaired) electrons. The van der Waals surface area contributed by atoms with Gasteiger partial charge in [-0.3, -0.25) is 4.90 Å². The summed E-state index contributed by atoms with van der Waals surface area (Å²) in [7, 11) is 0. The van der Waals surface area contributed by atoms with E-state index in [1.165, 1.54) is 0 Å². The van der Waals surface area contributed by atoms with Crippen molar-refractivity contribution >= 4 is 0 Å². The molecule has 17 heavy (non-hydrogen) atoms. The van der Waals surface area contributed by atoms with Crippen LogP contribution >= 0.6 is 0 Å². The van der Waals surface area contributed by atoms with Crippen molar-refractivity contribution in [2.45, 2.75) is 12.6 Å². The van der Waals surface area contributed by atoms with E-state index < -0.39 is 18.1 Å². The van der Waals surface area contributed by atoms with Crippen LogP contribution in [0.1, 0.15) is 6.42 Å². The molecule has 1 heterocycles. The molecule has 0 bridgehead atoms. The van der Waals surface area contributed by atoms with Crippen LogP contribution < -0.4 is 0 Å². The van der Waals surface area contributed by atoms with E-state index in [4.69, 9.17) is 9.84 Å². The van der Waals surface area contributed by atoms with Gasteiger partial charge in [-0.2, -0.15) is 13.2 Å². The first kappa shape index (κ1) is 14.7. The molecule has 0 aliphatic carbocycles. The summed E-state index contributed by atoms with van der Waals surface area (Å²) in [5.74, 6) is 0. The van der Waals surface area contributed by atoms with Crippen LogP contribution in [0.25, 0.3) is 0 Å². The van der Waals surface area contributed by atoms with E-state index in [9.17, 15) is 18.3 Å². The van der Waals surface area contributed by atoms with Gasteiger partial charge in [-0.05, 0) is 6.42 Å². The van der Waals surface area contributed by atoms with E-state index in [0.717, 1.165) is 4.90 Å². The molecule has 0 spiro atoms. The third kappa shape index (κ3) is 4.79. The van der Waals surface area contributed by atoms with Gasteiger partial charge in [0.15, 0.2) is 0 Å². The number of nitrogens with zero attached hydrogens (tertiary/aromatic N) is 1. The molecule has 2 N–H and O–H groups in total. The smallest absolute Gasteiger partial charge is 0.396 e. The number of ether oxygens (including phenoxy) is 1. The lowest BCUT2D eigenvalue weighted by molar-refractivity contribution is -0.151. The fraction of sp³-hybridized carbons (Fsp3) is 1.00. The fourth-order valence-electron chi connectivity index (χ4n) is 2.03. The summed E-state index contributed by atoms with van der Waals surface area (Å²) in [6, 6.07) is 0. The summed E-state index contributed by atoms with van der Waals surface area (Å²) in [5.41, 5.74) is -0.625. The Kier molecular flexibility index (Phi) is 5.18. The number of rotatable bonds is 6. The van der Waals surface area contributed by atoms with Crippen LogP contribution in [0, 0.1) is 5.41 Å². The molecule has 1 rings (SSSR count). The maximum atomic E-state index is 12.3. The zero-order chi connectivity index (χ0) is 12.9. The molecule has 0 aromatic carbocycles. The molecule has 1 aliphatic rings. The monoisotopic (exact) mass is 257 g/mol. The Morgan fingerprint density at radius 1 is 1.29 bits per heavy atom. The molecular weight excluding hydrogens is 239 g/mol.